The Morgan fingerprint density at radius 1 is 1.00 bits per heavy atom. The highest BCUT2D eigenvalue weighted by atomic mass is 28.1. The summed E-state index contributed by atoms with van der Waals surface area (Å²) in [7, 11) is 3.55. The predicted octanol–water partition coefficient (Wildman–Crippen LogP) is 2.93. The molecule has 0 heterocycles. The molecule has 0 saturated heterocycles. The van der Waals surface area contributed by atoms with Crippen molar-refractivity contribution < 1.29 is 0 Å². The van der Waals surface area contributed by atoms with Crippen LogP contribution in [0.2, 0.25) is 6.04 Å². The van der Waals surface area contributed by atoms with Gasteiger partial charge in [0, 0.05) is 10.2 Å². The van der Waals surface area contributed by atoms with Crippen LogP contribution in [0.1, 0.15) is 44.9 Å². The zero-order valence-electron chi connectivity index (χ0n) is 6.73. The molecule has 0 nitrogen and oxygen atoms in total. The lowest BCUT2D eigenvalue weighted by Gasteiger charge is -2.10. The molecular weight excluding hydrogens is 136 g/mol. The number of hydrogen-bond acceptors (Lipinski definition) is 0. The zero-order chi connectivity index (χ0) is 7.23. The Bertz CT molecular complexity index is 72.8. The van der Waals surface area contributed by atoms with Gasteiger partial charge in [0.1, 0.15) is 0 Å². The summed E-state index contributed by atoms with van der Waals surface area (Å²) < 4.78 is 0. The van der Waals surface area contributed by atoms with E-state index in [4.69, 9.17) is 0 Å². The molecule has 1 heteroatoms. The van der Waals surface area contributed by atoms with Crippen molar-refractivity contribution in [1.82, 2.24) is 0 Å². The van der Waals surface area contributed by atoms with Crippen LogP contribution in [0, 0.1) is 5.92 Å². The number of hydrogen-bond donors (Lipinski definition) is 0. The summed E-state index contributed by atoms with van der Waals surface area (Å²) in [5.41, 5.74) is 0. The van der Waals surface area contributed by atoms with E-state index < -0.39 is 0 Å². The number of rotatable bonds is 2. The summed E-state index contributed by atoms with van der Waals surface area (Å²) in [5.74, 6) is 1.04. The van der Waals surface area contributed by atoms with E-state index in [1.54, 1.807) is 0 Å². The summed E-state index contributed by atoms with van der Waals surface area (Å²) in [6.07, 6.45) is 10.3. The first-order valence-corrected chi connectivity index (χ1v) is 5.29. The van der Waals surface area contributed by atoms with Crippen LogP contribution in [0.25, 0.3) is 0 Å². The lowest BCUT2D eigenvalue weighted by Crippen LogP contribution is -1.97. The van der Waals surface area contributed by atoms with Crippen LogP contribution in [-0.2, 0) is 0 Å². The van der Waals surface area contributed by atoms with Crippen molar-refractivity contribution in [3.63, 3.8) is 0 Å². The van der Waals surface area contributed by atoms with Crippen molar-refractivity contribution in [1.29, 1.82) is 0 Å². The molecule has 1 saturated carbocycles. The van der Waals surface area contributed by atoms with Crippen molar-refractivity contribution in [3.8, 4) is 0 Å². The zero-order valence-corrected chi connectivity index (χ0v) is 7.73. The van der Waals surface area contributed by atoms with Gasteiger partial charge in [-0.15, -0.1) is 0 Å². The lowest BCUT2D eigenvalue weighted by molar-refractivity contribution is 0.446. The molecule has 0 bridgehead atoms. The first kappa shape index (κ1) is 8.31. The predicted molar refractivity (Wildman–Crippen MR) is 46.4 cm³/mol. The molecule has 3 radical (unpaired) electrons. The van der Waals surface area contributed by atoms with Crippen LogP contribution in [0.15, 0.2) is 0 Å². The largest absolute Gasteiger partial charge is 0.0635 e. The summed E-state index contributed by atoms with van der Waals surface area (Å²) in [6, 6.07) is 1.20. The average Bonchev–Trinajstić information content (AvgIpc) is 2.17. The van der Waals surface area contributed by atoms with Gasteiger partial charge >= 0.3 is 0 Å². The average molecular weight is 153 g/mol. The lowest BCUT2D eigenvalue weighted by atomic mass is 9.98. The van der Waals surface area contributed by atoms with Crippen molar-refractivity contribution in [3.05, 3.63) is 0 Å². The summed E-state index contributed by atoms with van der Waals surface area (Å²) in [6.45, 7) is 0. The Morgan fingerprint density at radius 3 is 2.10 bits per heavy atom. The first-order valence-electron chi connectivity index (χ1n) is 4.58. The monoisotopic (exact) mass is 153 g/mol. The fraction of sp³-hybridized carbons (Fsp3) is 1.00. The third-order valence-electron chi connectivity index (χ3n) is 2.53. The Balaban J connectivity index is 2.15. The van der Waals surface area contributed by atoms with Gasteiger partial charge in [-0.1, -0.05) is 51.0 Å². The Kier molecular flexibility index (Phi) is 4.11. The van der Waals surface area contributed by atoms with Crippen LogP contribution in [-0.4, -0.2) is 10.2 Å². The van der Waals surface area contributed by atoms with Crippen LogP contribution in [0.5, 0.6) is 0 Å². The molecule has 10 heavy (non-hydrogen) atoms. The maximum absolute atomic E-state index is 3.55. The molecule has 0 atom stereocenters. The van der Waals surface area contributed by atoms with E-state index in [1.807, 2.05) is 0 Å². The maximum atomic E-state index is 3.55. The minimum Gasteiger partial charge on any atom is -0.0635 e. The van der Waals surface area contributed by atoms with Crippen molar-refractivity contribution >= 4 is 10.2 Å². The van der Waals surface area contributed by atoms with E-state index in [9.17, 15) is 0 Å². The van der Waals surface area contributed by atoms with E-state index in [2.05, 4.69) is 10.2 Å². The van der Waals surface area contributed by atoms with E-state index in [0.29, 0.717) is 0 Å². The highest BCUT2D eigenvalue weighted by Crippen LogP contribution is 2.25. The van der Waals surface area contributed by atoms with Crippen molar-refractivity contribution in [2.24, 2.45) is 5.92 Å². The summed E-state index contributed by atoms with van der Waals surface area (Å²) in [4.78, 5) is 0. The molecule has 57 valence electrons. The second kappa shape index (κ2) is 4.95. The van der Waals surface area contributed by atoms with Gasteiger partial charge in [-0.2, -0.15) is 0 Å². The highest BCUT2D eigenvalue weighted by Gasteiger charge is 2.09. The molecule has 0 spiro atoms. The van der Waals surface area contributed by atoms with E-state index in [-0.39, 0.29) is 0 Å². The Morgan fingerprint density at radius 2 is 1.60 bits per heavy atom. The minimum atomic E-state index is 1.04. The topological polar surface area (TPSA) is 0 Å². The SMILES string of the molecule is [Si]CCC1CCCCCC1. The van der Waals surface area contributed by atoms with Crippen LogP contribution >= 0.6 is 0 Å². The van der Waals surface area contributed by atoms with Gasteiger partial charge < -0.3 is 0 Å². The van der Waals surface area contributed by atoms with Gasteiger partial charge in [0.05, 0.1) is 0 Å². The van der Waals surface area contributed by atoms with E-state index >= 15 is 0 Å². The van der Waals surface area contributed by atoms with E-state index in [0.717, 1.165) is 5.92 Å². The molecule has 1 fully saturated rings. The molecule has 1 aliphatic rings. The van der Waals surface area contributed by atoms with Gasteiger partial charge in [0.2, 0.25) is 0 Å². The van der Waals surface area contributed by atoms with Crippen LogP contribution < -0.4 is 0 Å². The van der Waals surface area contributed by atoms with Gasteiger partial charge in [-0.3, -0.25) is 0 Å². The standard InChI is InChI=1S/C9H17Si/c10-8-7-9-5-3-1-2-4-6-9/h9H,1-8H2. The summed E-state index contributed by atoms with van der Waals surface area (Å²) in [5, 5.41) is 0. The van der Waals surface area contributed by atoms with Crippen molar-refractivity contribution in [2.75, 3.05) is 0 Å². The Hall–Kier alpha value is 0.217. The fourth-order valence-electron chi connectivity index (χ4n) is 1.86. The van der Waals surface area contributed by atoms with E-state index in [1.165, 1.54) is 51.0 Å². The molecule has 0 aliphatic heterocycles. The van der Waals surface area contributed by atoms with Crippen LogP contribution in [0.3, 0.4) is 0 Å². The van der Waals surface area contributed by atoms with Gasteiger partial charge in [0.15, 0.2) is 0 Å². The Labute approximate surface area is 67.8 Å². The van der Waals surface area contributed by atoms with Gasteiger partial charge in [-0.05, 0) is 5.92 Å². The minimum absolute atomic E-state index is 1.04. The molecule has 1 rings (SSSR count). The molecule has 0 unspecified atom stereocenters. The third kappa shape index (κ3) is 2.87. The van der Waals surface area contributed by atoms with Crippen molar-refractivity contribution in [2.45, 2.75) is 51.0 Å². The molecule has 0 N–H and O–H groups in total. The molecule has 0 aromatic rings. The van der Waals surface area contributed by atoms with Gasteiger partial charge in [-0.25, -0.2) is 0 Å². The summed E-state index contributed by atoms with van der Waals surface area (Å²) >= 11 is 0. The smallest absolute Gasteiger partial charge is 0.0222 e. The third-order valence-corrected chi connectivity index (χ3v) is 2.82. The first-order chi connectivity index (χ1) is 4.93. The normalized spacial score (nSPS) is 22.5. The molecular formula is C9H17Si. The second-order valence-electron chi connectivity index (χ2n) is 3.40. The fourth-order valence-corrected chi connectivity index (χ4v) is 2.26. The van der Waals surface area contributed by atoms with Crippen LogP contribution in [0.4, 0.5) is 0 Å². The second-order valence-corrected chi connectivity index (χ2v) is 3.90. The molecule has 0 aromatic heterocycles. The molecule has 1 aliphatic carbocycles. The molecule has 0 aromatic carbocycles. The van der Waals surface area contributed by atoms with Gasteiger partial charge in [0.25, 0.3) is 0 Å². The maximum Gasteiger partial charge on any atom is 0.0222 e. The highest BCUT2D eigenvalue weighted by molar-refractivity contribution is 6.08. The quantitative estimate of drug-likeness (QED) is 0.423. The molecule has 0 amide bonds.